The summed E-state index contributed by atoms with van der Waals surface area (Å²) in [5.74, 6) is 1.65. The molecule has 80 valence electrons. The lowest BCUT2D eigenvalue weighted by Crippen LogP contribution is -2.33. The van der Waals surface area contributed by atoms with E-state index in [9.17, 15) is 0 Å². The first-order valence-electron chi connectivity index (χ1n) is 5.22. The number of hydrogen-bond donors (Lipinski definition) is 0. The molecule has 0 fully saturated rings. The third kappa shape index (κ3) is 2.48. The molecule has 0 amide bonds. The van der Waals surface area contributed by atoms with Crippen LogP contribution in [0.25, 0.3) is 0 Å². The summed E-state index contributed by atoms with van der Waals surface area (Å²) in [6.45, 7) is 4.47. The smallest absolute Gasteiger partial charge is 0.373 e. The summed E-state index contributed by atoms with van der Waals surface area (Å²) in [5.41, 5.74) is 0. The van der Waals surface area contributed by atoms with Crippen molar-refractivity contribution in [3.8, 4) is 11.6 Å². The Balaban J connectivity index is 2.24. The van der Waals surface area contributed by atoms with Crippen LogP contribution in [0, 0.1) is 0 Å². The molecular weight excluding hydrogens is 198 g/mol. The van der Waals surface area contributed by atoms with E-state index in [1.165, 1.54) is 0 Å². The van der Waals surface area contributed by atoms with E-state index < -0.39 is 0 Å². The molecule has 16 heavy (non-hydrogen) atoms. The van der Waals surface area contributed by atoms with E-state index in [1.807, 2.05) is 65.4 Å². The molecule has 1 aromatic heterocycles. The van der Waals surface area contributed by atoms with Gasteiger partial charge in [0, 0.05) is 6.07 Å². The molecule has 0 saturated heterocycles. The molecule has 0 radical (unpaired) electrons. The Bertz CT molecular complexity index is 465. The molecule has 0 aliphatic carbocycles. The molecule has 0 unspecified atom stereocenters. The van der Waals surface area contributed by atoms with Gasteiger partial charge in [0.1, 0.15) is 5.75 Å². The molecule has 2 nitrogen and oxygen atoms in total. The van der Waals surface area contributed by atoms with Crippen molar-refractivity contribution in [2.45, 2.75) is 6.54 Å². The van der Waals surface area contributed by atoms with Crippen LogP contribution in [0.5, 0.6) is 11.6 Å². The summed E-state index contributed by atoms with van der Waals surface area (Å²) >= 11 is 0. The molecule has 1 heterocycles. The van der Waals surface area contributed by atoms with E-state index in [4.69, 9.17) is 4.74 Å². The van der Waals surface area contributed by atoms with E-state index in [0.29, 0.717) is 0 Å². The Morgan fingerprint density at radius 1 is 1.06 bits per heavy atom. The zero-order valence-corrected chi connectivity index (χ0v) is 9.04. The van der Waals surface area contributed by atoms with Gasteiger partial charge in [-0.2, -0.15) is 4.57 Å². The Labute approximate surface area is 95.4 Å². The molecule has 0 atom stereocenters. The highest BCUT2D eigenvalue weighted by Gasteiger charge is 2.09. The molecule has 0 spiro atoms. The van der Waals surface area contributed by atoms with Crippen LogP contribution in [0.15, 0.2) is 67.4 Å². The number of nitrogens with zero attached hydrogens (tertiary/aromatic N) is 1. The normalized spacial score (nSPS) is 9.75. The van der Waals surface area contributed by atoms with Gasteiger partial charge in [0.15, 0.2) is 12.7 Å². The van der Waals surface area contributed by atoms with Crippen LogP contribution in [0.2, 0.25) is 0 Å². The van der Waals surface area contributed by atoms with Gasteiger partial charge >= 0.3 is 5.88 Å². The van der Waals surface area contributed by atoms with Crippen LogP contribution < -0.4 is 9.30 Å². The van der Waals surface area contributed by atoms with E-state index in [2.05, 4.69) is 6.58 Å². The Morgan fingerprint density at radius 3 is 2.56 bits per heavy atom. The maximum atomic E-state index is 5.78. The number of hydrogen-bond acceptors (Lipinski definition) is 1. The van der Waals surface area contributed by atoms with Gasteiger partial charge in [0.05, 0.1) is 6.07 Å². The number of benzene rings is 1. The standard InChI is InChI=1S/C14H14NO/c1-2-11-15-12-7-6-10-14(15)16-13-8-4-3-5-9-13/h2-10,12H,1,11H2/q+1. The highest BCUT2D eigenvalue weighted by Crippen LogP contribution is 2.16. The van der Waals surface area contributed by atoms with Gasteiger partial charge in [0.25, 0.3) is 0 Å². The van der Waals surface area contributed by atoms with Crippen molar-refractivity contribution >= 4 is 0 Å². The summed E-state index contributed by atoms with van der Waals surface area (Å²) in [4.78, 5) is 0. The average molecular weight is 212 g/mol. The number of aromatic nitrogens is 1. The molecule has 0 N–H and O–H groups in total. The minimum absolute atomic E-state index is 0.739. The second-order valence-electron chi connectivity index (χ2n) is 3.40. The number of allylic oxidation sites excluding steroid dienone is 1. The highest BCUT2D eigenvalue weighted by molar-refractivity contribution is 5.24. The van der Waals surface area contributed by atoms with Crippen molar-refractivity contribution in [1.82, 2.24) is 0 Å². The summed E-state index contributed by atoms with van der Waals surface area (Å²) < 4.78 is 7.78. The average Bonchev–Trinajstić information content (AvgIpc) is 2.33. The largest absolute Gasteiger partial charge is 0.405 e. The number of rotatable bonds is 4. The Kier molecular flexibility index (Phi) is 3.34. The van der Waals surface area contributed by atoms with Crippen molar-refractivity contribution in [1.29, 1.82) is 0 Å². The topological polar surface area (TPSA) is 13.1 Å². The van der Waals surface area contributed by atoms with E-state index in [-0.39, 0.29) is 0 Å². The molecule has 2 aromatic rings. The zero-order valence-electron chi connectivity index (χ0n) is 9.04. The summed E-state index contributed by atoms with van der Waals surface area (Å²) in [5, 5.41) is 0. The Morgan fingerprint density at radius 2 is 1.81 bits per heavy atom. The van der Waals surface area contributed by atoms with E-state index in [0.717, 1.165) is 18.2 Å². The fourth-order valence-electron chi connectivity index (χ4n) is 1.45. The quantitative estimate of drug-likeness (QED) is 0.561. The minimum atomic E-state index is 0.739. The highest BCUT2D eigenvalue weighted by atomic mass is 16.5. The monoisotopic (exact) mass is 212 g/mol. The second kappa shape index (κ2) is 5.12. The summed E-state index contributed by atoms with van der Waals surface area (Å²) in [7, 11) is 0. The van der Waals surface area contributed by atoms with Crippen molar-refractivity contribution in [3.05, 3.63) is 67.4 Å². The maximum absolute atomic E-state index is 5.78. The van der Waals surface area contributed by atoms with Crippen molar-refractivity contribution in [2.24, 2.45) is 0 Å². The molecular formula is C14H14NO+. The van der Waals surface area contributed by atoms with Crippen LogP contribution in [-0.4, -0.2) is 0 Å². The third-order valence-corrected chi connectivity index (χ3v) is 2.19. The van der Waals surface area contributed by atoms with Gasteiger partial charge in [-0.1, -0.05) is 24.8 Å². The minimum Gasteiger partial charge on any atom is -0.405 e. The van der Waals surface area contributed by atoms with E-state index >= 15 is 0 Å². The maximum Gasteiger partial charge on any atom is 0.373 e. The summed E-state index contributed by atoms with van der Waals surface area (Å²) in [6, 6.07) is 15.6. The molecule has 1 aromatic carbocycles. The van der Waals surface area contributed by atoms with Gasteiger partial charge in [0.2, 0.25) is 0 Å². The third-order valence-electron chi connectivity index (χ3n) is 2.19. The molecule has 0 bridgehead atoms. The number of para-hydroxylation sites is 1. The lowest BCUT2D eigenvalue weighted by atomic mass is 10.3. The molecule has 2 heteroatoms. The molecule has 0 aliphatic rings. The first-order chi connectivity index (χ1) is 7.90. The lowest BCUT2D eigenvalue weighted by molar-refractivity contribution is -0.691. The predicted molar refractivity (Wildman–Crippen MR) is 63.4 cm³/mol. The van der Waals surface area contributed by atoms with Gasteiger partial charge in [-0.05, 0) is 24.3 Å². The zero-order chi connectivity index (χ0) is 11.2. The lowest BCUT2D eigenvalue weighted by Gasteiger charge is -2.03. The van der Waals surface area contributed by atoms with Gasteiger partial charge in [-0.25, -0.2) is 0 Å². The van der Waals surface area contributed by atoms with Crippen molar-refractivity contribution < 1.29 is 9.30 Å². The fraction of sp³-hybridized carbons (Fsp3) is 0.0714. The number of pyridine rings is 1. The van der Waals surface area contributed by atoms with Gasteiger partial charge in [-0.15, -0.1) is 0 Å². The van der Waals surface area contributed by atoms with E-state index in [1.54, 1.807) is 0 Å². The van der Waals surface area contributed by atoms with Crippen LogP contribution in [-0.2, 0) is 6.54 Å². The van der Waals surface area contributed by atoms with Crippen LogP contribution in [0.3, 0.4) is 0 Å². The Hall–Kier alpha value is -2.09. The molecule has 0 saturated carbocycles. The van der Waals surface area contributed by atoms with Gasteiger partial charge < -0.3 is 4.74 Å². The van der Waals surface area contributed by atoms with Crippen LogP contribution >= 0.6 is 0 Å². The fourth-order valence-corrected chi connectivity index (χ4v) is 1.45. The van der Waals surface area contributed by atoms with Crippen molar-refractivity contribution in [2.75, 3.05) is 0 Å². The van der Waals surface area contributed by atoms with Crippen LogP contribution in [0.1, 0.15) is 0 Å². The first kappa shape index (κ1) is 10.4. The molecule has 2 rings (SSSR count). The van der Waals surface area contributed by atoms with Crippen molar-refractivity contribution in [3.63, 3.8) is 0 Å². The summed E-state index contributed by atoms with van der Waals surface area (Å²) in [6.07, 6.45) is 3.82. The number of ether oxygens (including phenoxy) is 1. The first-order valence-corrected chi connectivity index (χ1v) is 5.22. The second-order valence-corrected chi connectivity index (χ2v) is 3.40. The van der Waals surface area contributed by atoms with Gasteiger partial charge in [-0.3, -0.25) is 0 Å². The SMILES string of the molecule is C=CC[n+]1ccccc1Oc1ccccc1. The predicted octanol–water partition coefficient (Wildman–Crippen LogP) is 2.95. The molecule has 0 aliphatic heterocycles. The van der Waals surface area contributed by atoms with Crippen LogP contribution in [0.4, 0.5) is 0 Å².